The first kappa shape index (κ1) is 20.9. The molecule has 1 N–H and O–H groups in total. The molecule has 4 rings (SSSR count). The molecule has 0 radical (unpaired) electrons. The largest absolute Gasteiger partial charge is 0.365 e. The Bertz CT molecular complexity index is 1090. The number of rotatable bonds is 2. The Morgan fingerprint density at radius 3 is 2.31 bits per heavy atom. The number of pyridine rings is 1. The molecular formula is C22H22F4N2O. The number of nitrogens with zero attached hydrogens (tertiary/aromatic N) is 1. The Kier molecular flexibility index (Phi) is 5.68. The molecule has 0 bridgehead atoms. The molecule has 0 unspecified atom stereocenters. The van der Waals surface area contributed by atoms with E-state index in [0.29, 0.717) is 28.6 Å². The zero-order chi connectivity index (χ0) is 21.3. The summed E-state index contributed by atoms with van der Waals surface area (Å²) in [7, 11) is 0. The zero-order valence-corrected chi connectivity index (χ0v) is 16.5. The van der Waals surface area contributed by atoms with E-state index in [4.69, 9.17) is 0 Å². The minimum Gasteiger partial charge on any atom is -0.365 e. The van der Waals surface area contributed by atoms with E-state index >= 15 is 0 Å². The first-order valence-electron chi connectivity index (χ1n) is 9.50. The number of H-pyrrole nitrogens is 1. The van der Waals surface area contributed by atoms with Gasteiger partial charge in [-0.05, 0) is 30.7 Å². The molecule has 3 nitrogen and oxygen atoms in total. The van der Waals surface area contributed by atoms with Crippen molar-refractivity contribution in [3.63, 3.8) is 0 Å². The summed E-state index contributed by atoms with van der Waals surface area (Å²) in [6.07, 6.45) is -0.178. The highest BCUT2D eigenvalue weighted by atomic mass is 19.3. The molecule has 0 spiro atoms. The number of aromatic nitrogens is 1. The summed E-state index contributed by atoms with van der Waals surface area (Å²) in [5.41, 5.74) is 1.59. The van der Waals surface area contributed by atoms with Crippen LogP contribution >= 0.6 is 0 Å². The van der Waals surface area contributed by atoms with E-state index < -0.39 is 23.0 Å². The van der Waals surface area contributed by atoms with Gasteiger partial charge in [0.05, 0.1) is 23.1 Å². The summed E-state index contributed by atoms with van der Waals surface area (Å²) in [4.78, 5) is 17.1. The molecule has 1 aliphatic rings. The van der Waals surface area contributed by atoms with Crippen LogP contribution in [0.1, 0.15) is 25.8 Å². The monoisotopic (exact) mass is 406 g/mol. The Morgan fingerprint density at radius 2 is 1.72 bits per heavy atom. The first-order chi connectivity index (χ1) is 13.7. The summed E-state index contributed by atoms with van der Waals surface area (Å²) >= 11 is 0. The quantitative estimate of drug-likeness (QED) is 0.558. The normalized spacial score (nSPS) is 15.3. The summed E-state index contributed by atoms with van der Waals surface area (Å²) in [6.45, 7) is 5.51. The molecule has 3 aromatic rings. The summed E-state index contributed by atoms with van der Waals surface area (Å²) in [5, 5.41) is -0.187. The van der Waals surface area contributed by atoms with Gasteiger partial charge >= 0.3 is 0 Å². The van der Waals surface area contributed by atoms with Crippen LogP contribution in [0.15, 0.2) is 41.2 Å². The van der Waals surface area contributed by atoms with Gasteiger partial charge in [-0.15, -0.1) is 0 Å². The van der Waals surface area contributed by atoms with E-state index in [0.717, 1.165) is 6.07 Å². The molecule has 29 heavy (non-hydrogen) atoms. The van der Waals surface area contributed by atoms with Crippen molar-refractivity contribution in [2.45, 2.75) is 33.1 Å². The van der Waals surface area contributed by atoms with E-state index in [2.05, 4.69) is 4.98 Å². The Morgan fingerprint density at radius 1 is 1.07 bits per heavy atom. The first-order valence-corrected chi connectivity index (χ1v) is 9.50. The maximum atomic E-state index is 14.0. The molecule has 1 aliphatic heterocycles. The fourth-order valence-electron chi connectivity index (χ4n) is 3.52. The lowest BCUT2D eigenvalue weighted by atomic mass is 10.0. The summed E-state index contributed by atoms with van der Waals surface area (Å²) < 4.78 is 54.3. The maximum Gasteiger partial charge on any atom is 0.266 e. The van der Waals surface area contributed by atoms with Gasteiger partial charge in [0.15, 0.2) is 5.43 Å². The average Bonchev–Trinajstić information content (AvgIpc) is 3.05. The van der Waals surface area contributed by atoms with Gasteiger partial charge in [-0.2, -0.15) is 0 Å². The number of hydrogen-bond donors (Lipinski definition) is 1. The van der Waals surface area contributed by atoms with Crippen LogP contribution in [0.2, 0.25) is 0 Å². The smallest absolute Gasteiger partial charge is 0.266 e. The molecule has 2 heterocycles. The van der Waals surface area contributed by atoms with Gasteiger partial charge in [0.1, 0.15) is 11.6 Å². The zero-order valence-electron chi connectivity index (χ0n) is 16.5. The molecular weight excluding hydrogens is 384 g/mol. The number of aromatic amines is 1. The lowest BCUT2D eigenvalue weighted by Crippen LogP contribution is -2.24. The number of fused-ring (bicyclic) bond motifs is 1. The van der Waals surface area contributed by atoms with Crippen LogP contribution < -0.4 is 10.3 Å². The number of benzene rings is 2. The Hall–Kier alpha value is -2.83. The number of alkyl halides is 2. The van der Waals surface area contributed by atoms with Gasteiger partial charge in [0, 0.05) is 30.3 Å². The van der Waals surface area contributed by atoms with Gasteiger partial charge in [0.2, 0.25) is 0 Å². The third-order valence-corrected chi connectivity index (χ3v) is 4.95. The second-order valence-corrected chi connectivity index (χ2v) is 6.84. The third kappa shape index (κ3) is 3.99. The van der Waals surface area contributed by atoms with E-state index in [-0.39, 0.29) is 30.4 Å². The molecule has 0 atom stereocenters. The fourth-order valence-corrected chi connectivity index (χ4v) is 3.52. The lowest BCUT2D eigenvalue weighted by molar-refractivity contribution is 0.0257. The number of hydrogen-bond acceptors (Lipinski definition) is 2. The predicted molar refractivity (Wildman–Crippen MR) is 108 cm³/mol. The molecule has 0 saturated carbocycles. The van der Waals surface area contributed by atoms with Crippen molar-refractivity contribution in [3.05, 3.63) is 63.8 Å². The van der Waals surface area contributed by atoms with Crippen molar-refractivity contribution < 1.29 is 17.6 Å². The van der Waals surface area contributed by atoms with Gasteiger partial charge in [-0.3, -0.25) is 4.79 Å². The van der Waals surface area contributed by atoms with Gasteiger partial charge in [0.25, 0.3) is 5.92 Å². The van der Waals surface area contributed by atoms with Crippen molar-refractivity contribution in [1.82, 2.24) is 4.98 Å². The van der Waals surface area contributed by atoms with Crippen LogP contribution in [0.4, 0.5) is 23.2 Å². The number of anilines is 1. The van der Waals surface area contributed by atoms with Crippen LogP contribution in [-0.2, 0) is 0 Å². The highest BCUT2D eigenvalue weighted by molar-refractivity contribution is 5.84. The molecule has 154 valence electrons. The van der Waals surface area contributed by atoms with Crippen molar-refractivity contribution in [2.75, 3.05) is 18.0 Å². The summed E-state index contributed by atoms with van der Waals surface area (Å²) in [5.74, 6) is -4.38. The van der Waals surface area contributed by atoms with Crippen molar-refractivity contribution in [3.8, 4) is 11.3 Å². The minimum atomic E-state index is -2.69. The highest BCUT2D eigenvalue weighted by Gasteiger charge is 2.38. The summed E-state index contributed by atoms with van der Waals surface area (Å²) in [6, 6.07) is 8.55. The van der Waals surface area contributed by atoms with Crippen LogP contribution in [0.3, 0.4) is 0 Å². The van der Waals surface area contributed by atoms with E-state index in [1.807, 2.05) is 13.8 Å². The number of halogens is 4. The molecule has 0 amide bonds. The van der Waals surface area contributed by atoms with Gasteiger partial charge in [-0.1, -0.05) is 26.0 Å². The van der Waals surface area contributed by atoms with Crippen molar-refractivity contribution in [2.24, 2.45) is 0 Å². The molecule has 7 heteroatoms. The van der Waals surface area contributed by atoms with E-state index in [1.165, 1.54) is 0 Å². The van der Waals surface area contributed by atoms with Gasteiger partial charge < -0.3 is 9.88 Å². The van der Waals surface area contributed by atoms with Crippen molar-refractivity contribution >= 4 is 16.6 Å². The van der Waals surface area contributed by atoms with Crippen LogP contribution in [0.5, 0.6) is 0 Å². The SMILES string of the molecule is CC.Cc1c(-c2ccc(N3CCC(F)(F)C3)cc2)[nH]c2cc(F)cc(F)c2c1=O. The van der Waals surface area contributed by atoms with E-state index in [1.54, 1.807) is 36.1 Å². The highest BCUT2D eigenvalue weighted by Crippen LogP contribution is 2.32. The second-order valence-electron chi connectivity index (χ2n) is 6.84. The fraction of sp³-hybridized carbons (Fsp3) is 0.318. The van der Waals surface area contributed by atoms with Crippen LogP contribution in [-0.4, -0.2) is 24.0 Å². The molecule has 1 aromatic heterocycles. The second kappa shape index (κ2) is 7.89. The maximum absolute atomic E-state index is 14.0. The molecule has 2 aromatic carbocycles. The Balaban J connectivity index is 0.00000117. The van der Waals surface area contributed by atoms with Crippen LogP contribution in [0.25, 0.3) is 22.2 Å². The lowest BCUT2D eigenvalue weighted by Gasteiger charge is -2.18. The topological polar surface area (TPSA) is 36.1 Å². The molecule has 1 saturated heterocycles. The third-order valence-electron chi connectivity index (χ3n) is 4.95. The van der Waals surface area contributed by atoms with Crippen molar-refractivity contribution in [1.29, 1.82) is 0 Å². The number of nitrogens with one attached hydrogen (secondary N) is 1. The van der Waals surface area contributed by atoms with Crippen LogP contribution in [0, 0.1) is 18.6 Å². The standard InChI is InChI=1S/C20H16F4N2O.C2H6/c1-11-18(25-16-9-13(21)8-15(22)17(16)19(11)27)12-2-4-14(5-3-12)26-7-6-20(23,24)10-26;1-2/h2-5,8-9H,6-7,10H2,1H3,(H,25,27);1-2H3. The molecule has 0 aliphatic carbocycles. The average molecular weight is 406 g/mol. The predicted octanol–water partition coefficient (Wildman–Crippen LogP) is 5.65. The minimum absolute atomic E-state index is 0.0707. The molecule has 1 fully saturated rings. The Labute approximate surface area is 166 Å². The van der Waals surface area contributed by atoms with E-state index in [9.17, 15) is 22.4 Å². The van der Waals surface area contributed by atoms with Gasteiger partial charge in [-0.25, -0.2) is 17.6 Å².